The van der Waals surface area contributed by atoms with E-state index in [9.17, 15) is 0 Å². The molecule has 0 spiro atoms. The van der Waals surface area contributed by atoms with Gasteiger partial charge < -0.3 is 4.74 Å². The Hall–Kier alpha value is -2.85. The van der Waals surface area contributed by atoms with Crippen LogP contribution >= 0.6 is 11.3 Å². The first-order chi connectivity index (χ1) is 11.8. The molecule has 3 nitrogen and oxygen atoms in total. The monoisotopic (exact) mass is 332 g/mol. The SMILES string of the molecule is COc1ccc2c(c1)sc(=Nc1ccccc1)n2-c1ccccc1. The fourth-order valence-corrected chi connectivity index (χ4v) is 3.73. The van der Waals surface area contributed by atoms with Gasteiger partial charge in [0.1, 0.15) is 5.75 Å². The van der Waals surface area contributed by atoms with Crippen LogP contribution in [0.5, 0.6) is 5.75 Å². The Balaban J connectivity index is 2.03. The Kier molecular flexibility index (Phi) is 3.89. The van der Waals surface area contributed by atoms with Gasteiger partial charge in [0.25, 0.3) is 0 Å². The number of nitrogens with zero attached hydrogens (tertiary/aromatic N) is 2. The third-order valence-electron chi connectivity index (χ3n) is 3.80. The van der Waals surface area contributed by atoms with Crippen molar-refractivity contribution in [2.75, 3.05) is 7.11 Å². The first kappa shape index (κ1) is 14.7. The van der Waals surface area contributed by atoms with Crippen LogP contribution in [0.1, 0.15) is 0 Å². The molecule has 0 aliphatic heterocycles. The van der Waals surface area contributed by atoms with Crippen molar-refractivity contribution >= 4 is 27.2 Å². The Bertz CT molecular complexity index is 1030. The van der Waals surface area contributed by atoms with E-state index < -0.39 is 0 Å². The second-order valence-corrected chi connectivity index (χ2v) is 6.35. The van der Waals surface area contributed by atoms with Gasteiger partial charge in [-0.15, -0.1) is 0 Å². The summed E-state index contributed by atoms with van der Waals surface area (Å²) in [7, 11) is 1.69. The van der Waals surface area contributed by atoms with Gasteiger partial charge in [0.05, 0.1) is 23.0 Å². The lowest BCUT2D eigenvalue weighted by atomic mass is 10.3. The van der Waals surface area contributed by atoms with E-state index in [1.165, 1.54) is 0 Å². The molecular formula is C20H16N2OS. The van der Waals surface area contributed by atoms with Crippen LogP contribution in [0.2, 0.25) is 0 Å². The number of aromatic nitrogens is 1. The van der Waals surface area contributed by atoms with Crippen molar-refractivity contribution in [1.29, 1.82) is 0 Å². The normalized spacial score (nSPS) is 11.8. The van der Waals surface area contributed by atoms with Crippen molar-refractivity contribution in [3.8, 4) is 11.4 Å². The molecule has 0 radical (unpaired) electrons. The summed E-state index contributed by atoms with van der Waals surface area (Å²) in [5.41, 5.74) is 3.17. The lowest BCUT2D eigenvalue weighted by molar-refractivity contribution is 0.415. The molecule has 0 saturated carbocycles. The number of thiazole rings is 1. The van der Waals surface area contributed by atoms with Crippen molar-refractivity contribution in [2.24, 2.45) is 4.99 Å². The molecule has 3 aromatic carbocycles. The molecular weight excluding hydrogens is 316 g/mol. The van der Waals surface area contributed by atoms with Gasteiger partial charge in [-0.1, -0.05) is 47.7 Å². The number of para-hydroxylation sites is 2. The quantitative estimate of drug-likeness (QED) is 0.522. The maximum atomic E-state index is 5.36. The molecule has 0 atom stereocenters. The van der Waals surface area contributed by atoms with Gasteiger partial charge >= 0.3 is 0 Å². The maximum Gasteiger partial charge on any atom is 0.195 e. The van der Waals surface area contributed by atoms with Gasteiger partial charge in [0.2, 0.25) is 0 Å². The van der Waals surface area contributed by atoms with E-state index in [1.807, 2.05) is 54.6 Å². The highest BCUT2D eigenvalue weighted by atomic mass is 32.1. The predicted molar refractivity (Wildman–Crippen MR) is 99.4 cm³/mol. The summed E-state index contributed by atoms with van der Waals surface area (Å²) in [4.78, 5) is 5.79. The average molecular weight is 332 g/mol. The fourth-order valence-electron chi connectivity index (χ4n) is 2.65. The van der Waals surface area contributed by atoms with Crippen molar-refractivity contribution in [3.05, 3.63) is 83.7 Å². The summed E-state index contributed by atoms with van der Waals surface area (Å²) in [5, 5.41) is 0. The number of hydrogen-bond acceptors (Lipinski definition) is 3. The maximum absolute atomic E-state index is 5.36. The number of benzene rings is 3. The third-order valence-corrected chi connectivity index (χ3v) is 4.80. The molecule has 0 aliphatic rings. The lowest BCUT2D eigenvalue weighted by Gasteiger charge is -2.05. The van der Waals surface area contributed by atoms with Crippen LogP contribution in [-0.2, 0) is 0 Å². The summed E-state index contributed by atoms with van der Waals surface area (Å²) in [5.74, 6) is 0.857. The minimum Gasteiger partial charge on any atom is -0.497 e. The summed E-state index contributed by atoms with van der Waals surface area (Å²) < 4.78 is 8.70. The van der Waals surface area contributed by atoms with E-state index in [1.54, 1.807) is 18.4 Å². The smallest absolute Gasteiger partial charge is 0.195 e. The van der Waals surface area contributed by atoms with Gasteiger partial charge in [-0.25, -0.2) is 4.99 Å². The van der Waals surface area contributed by atoms with E-state index in [4.69, 9.17) is 9.73 Å². The molecule has 1 aromatic heterocycles. The van der Waals surface area contributed by atoms with E-state index in [0.717, 1.165) is 32.1 Å². The molecule has 4 rings (SSSR count). The summed E-state index contributed by atoms with van der Waals surface area (Å²) >= 11 is 1.66. The van der Waals surface area contributed by atoms with Crippen molar-refractivity contribution in [3.63, 3.8) is 0 Å². The first-order valence-corrected chi connectivity index (χ1v) is 8.51. The highest BCUT2D eigenvalue weighted by Crippen LogP contribution is 2.26. The van der Waals surface area contributed by atoms with E-state index >= 15 is 0 Å². The van der Waals surface area contributed by atoms with Crippen molar-refractivity contribution < 1.29 is 4.74 Å². The van der Waals surface area contributed by atoms with Crippen molar-refractivity contribution in [1.82, 2.24) is 4.57 Å². The molecule has 4 heteroatoms. The zero-order valence-corrected chi connectivity index (χ0v) is 14.0. The highest BCUT2D eigenvalue weighted by molar-refractivity contribution is 7.16. The van der Waals surface area contributed by atoms with E-state index in [2.05, 4.69) is 28.8 Å². The molecule has 0 unspecified atom stereocenters. The minimum absolute atomic E-state index is 0.857. The molecule has 0 aliphatic carbocycles. The van der Waals surface area contributed by atoms with Gasteiger partial charge in [-0.05, 0) is 42.5 Å². The standard InChI is InChI=1S/C20H16N2OS/c1-23-17-12-13-18-19(14-17)24-20(21-15-8-4-2-5-9-15)22(18)16-10-6-3-7-11-16/h2-14H,1H3. The van der Waals surface area contributed by atoms with Crippen LogP contribution < -0.4 is 9.54 Å². The summed E-state index contributed by atoms with van der Waals surface area (Å²) in [6.45, 7) is 0. The van der Waals surface area contributed by atoms with Crippen LogP contribution in [0.25, 0.3) is 15.9 Å². The topological polar surface area (TPSA) is 26.5 Å². The number of hydrogen-bond donors (Lipinski definition) is 0. The van der Waals surface area contributed by atoms with Gasteiger partial charge in [-0.2, -0.15) is 0 Å². The van der Waals surface area contributed by atoms with Crippen LogP contribution in [-0.4, -0.2) is 11.7 Å². The van der Waals surface area contributed by atoms with E-state index in [-0.39, 0.29) is 0 Å². The molecule has 0 fully saturated rings. The van der Waals surface area contributed by atoms with Crippen LogP contribution in [0.15, 0.2) is 83.9 Å². The van der Waals surface area contributed by atoms with Gasteiger partial charge in [0, 0.05) is 5.69 Å². The predicted octanol–water partition coefficient (Wildman–Crippen LogP) is 4.93. The second kappa shape index (κ2) is 6.34. The average Bonchev–Trinajstić information content (AvgIpc) is 3.00. The number of fused-ring (bicyclic) bond motifs is 1. The van der Waals surface area contributed by atoms with Crippen molar-refractivity contribution in [2.45, 2.75) is 0 Å². The molecule has 0 amide bonds. The molecule has 4 aromatic rings. The Morgan fingerprint density at radius 3 is 2.29 bits per heavy atom. The Labute approximate surface area is 144 Å². The lowest BCUT2D eigenvalue weighted by Crippen LogP contribution is -2.11. The second-order valence-electron chi connectivity index (χ2n) is 5.34. The molecule has 24 heavy (non-hydrogen) atoms. The zero-order chi connectivity index (χ0) is 16.4. The van der Waals surface area contributed by atoms with E-state index in [0.29, 0.717) is 0 Å². The van der Waals surface area contributed by atoms with Crippen LogP contribution in [0, 0.1) is 0 Å². The van der Waals surface area contributed by atoms with Gasteiger partial charge in [-0.3, -0.25) is 4.57 Å². The van der Waals surface area contributed by atoms with Crippen LogP contribution in [0.4, 0.5) is 5.69 Å². The first-order valence-electron chi connectivity index (χ1n) is 7.70. The highest BCUT2D eigenvalue weighted by Gasteiger charge is 2.09. The Morgan fingerprint density at radius 2 is 1.58 bits per heavy atom. The minimum atomic E-state index is 0.857. The van der Waals surface area contributed by atoms with Gasteiger partial charge in [0.15, 0.2) is 4.80 Å². The largest absolute Gasteiger partial charge is 0.497 e. The molecule has 1 heterocycles. The molecule has 0 bridgehead atoms. The number of rotatable bonds is 3. The molecule has 118 valence electrons. The molecule has 0 saturated heterocycles. The van der Waals surface area contributed by atoms with Crippen LogP contribution in [0.3, 0.4) is 0 Å². The molecule has 0 N–H and O–H groups in total. The third kappa shape index (κ3) is 2.72. The summed E-state index contributed by atoms with van der Waals surface area (Å²) in [6.07, 6.45) is 0. The Morgan fingerprint density at radius 1 is 0.875 bits per heavy atom. The fraction of sp³-hybridized carbons (Fsp3) is 0.0500. The summed E-state index contributed by atoms with van der Waals surface area (Å²) in [6, 6.07) is 26.5. The number of methoxy groups -OCH3 is 1. The number of ether oxygens (including phenoxy) is 1. The zero-order valence-electron chi connectivity index (χ0n) is 13.2.